The van der Waals surface area contributed by atoms with Crippen molar-refractivity contribution in [3.63, 3.8) is 0 Å². The average Bonchev–Trinajstić information content (AvgIpc) is 2.53. The number of nitrogens with zero attached hydrogens (tertiary/aromatic N) is 2. The van der Waals surface area contributed by atoms with E-state index in [1.54, 1.807) is 6.92 Å². The Morgan fingerprint density at radius 1 is 1.83 bits per heavy atom. The largest absolute Gasteiger partial charge is 0.465 e. The van der Waals surface area contributed by atoms with E-state index >= 15 is 0 Å². The van der Waals surface area contributed by atoms with Crippen LogP contribution in [0.5, 0.6) is 0 Å². The van der Waals surface area contributed by atoms with Crippen LogP contribution in [0.25, 0.3) is 0 Å². The topological polar surface area (TPSA) is 52.1 Å². The van der Waals surface area contributed by atoms with Gasteiger partial charge >= 0.3 is 5.97 Å². The fourth-order valence-electron chi connectivity index (χ4n) is 0.523. The summed E-state index contributed by atoms with van der Waals surface area (Å²) in [5.74, 6) is 0.0642. The molecule has 0 aromatic carbocycles. The van der Waals surface area contributed by atoms with E-state index in [1.165, 1.54) is 23.1 Å². The van der Waals surface area contributed by atoms with Crippen molar-refractivity contribution in [1.29, 1.82) is 0 Å². The number of ether oxygens (including phenoxy) is 1. The summed E-state index contributed by atoms with van der Waals surface area (Å²) < 4.78 is 5.47. The van der Waals surface area contributed by atoms with Crippen LogP contribution in [0.1, 0.15) is 6.92 Å². The van der Waals surface area contributed by atoms with Crippen LogP contribution in [0.15, 0.2) is 4.34 Å². The first-order valence-corrected chi connectivity index (χ1v) is 5.11. The summed E-state index contributed by atoms with van der Waals surface area (Å²) in [6.07, 6.45) is 0. The molecule has 0 aliphatic heterocycles. The van der Waals surface area contributed by atoms with Gasteiger partial charge in [-0.1, -0.05) is 23.1 Å². The van der Waals surface area contributed by atoms with E-state index in [0.717, 1.165) is 4.34 Å². The fourth-order valence-corrected chi connectivity index (χ4v) is 1.71. The number of hydrogen-bond acceptors (Lipinski definition) is 6. The summed E-state index contributed by atoms with van der Waals surface area (Å²) in [7, 11) is 0. The van der Waals surface area contributed by atoms with Crippen LogP contribution < -0.4 is 0 Å². The SMILES string of the molecule is CCOC(=O)CSc1nn[c]s1. The highest BCUT2D eigenvalue weighted by Gasteiger charge is 2.04. The molecule has 1 aromatic rings. The lowest BCUT2D eigenvalue weighted by atomic mass is 10.8. The van der Waals surface area contributed by atoms with Crippen molar-refractivity contribution in [2.75, 3.05) is 12.4 Å². The van der Waals surface area contributed by atoms with Crippen LogP contribution in [0, 0.1) is 5.51 Å². The smallest absolute Gasteiger partial charge is 0.316 e. The predicted octanol–water partition coefficient (Wildman–Crippen LogP) is 0.993. The van der Waals surface area contributed by atoms with Gasteiger partial charge in [-0.05, 0) is 6.92 Å². The molecule has 0 N–H and O–H groups in total. The molecule has 6 heteroatoms. The number of esters is 1. The van der Waals surface area contributed by atoms with Gasteiger partial charge in [0, 0.05) is 0 Å². The van der Waals surface area contributed by atoms with Crippen molar-refractivity contribution in [2.45, 2.75) is 11.3 Å². The van der Waals surface area contributed by atoms with Crippen LogP contribution in [-0.4, -0.2) is 28.5 Å². The average molecular weight is 203 g/mol. The van der Waals surface area contributed by atoms with E-state index in [2.05, 4.69) is 15.7 Å². The molecular formula is C6H7N2O2S2. The van der Waals surface area contributed by atoms with E-state index in [4.69, 9.17) is 4.74 Å². The first kappa shape index (κ1) is 9.47. The zero-order valence-corrected chi connectivity index (χ0v) is 8.07. The highest BCUT2D eigenvalue weighted by atomic mass is 32.2. The van der Waals surface area contributed by atoms with Gasteiger partial charge in [-0.25, -0.2) is 0 Å². The standard InChI is InChI=1S/C6H7N2O2S2/c1-2-10-5(9)3-11-6-8-7-4-12-6/h2-3H2,1H3. The molecule has 1 heterocycles. The molecule has 65 valence electrons. The van der Waals surface area contributed by atoms with Crippen molar-refractivity contribution < 1.29 is 9.53 Å². The maximum Gasteiger partial charge on any atom is 0.316 e. The summed E-state index contributed by atoms with van der Waals surface area (Å²) in [5, 5.41) is 7.23. The molecule has 0 saturated carbocycles. The van der Waals surface area contributed by atoms with Gasteiger partial charge in [0.15, 0.2) is 9.85 Å². The minimum atomic E-state index is -0.224. The van der Waals surface area contributed by atoms with Gasteiger partial charge in [-0.15, -0.1) is 10.2 Å². The van der Waals surface area contributed by atoms with Crippen LogP contribution in [0.3, 0.4) is 0 Å². The third-order valence-corrected chi connectivity index (χ3v) is 2.67. The lowest BCUT2D eigenvalue weighted by molar-refractivity contribution is -0.139. The van der Waals surface area contributed by atoms with E-state index in [-0.39, 0.29) is 11.7 Å². The van der Waals surface area contributed by atoms with Crippen molar-refractivity contribution in [2.24, 2.45) is 0 Å². The zero-order valence-electron chi connectivity index (χ0n) is 6.44. The summed E-state index contributed by atoms with van der Waals surface area (Å²) in [6.45, 7) is 2.20. The van der Waals surface area contributed by atoms with Gasteiger partial charge in [0.05, 0.1) is 12.4 Å². The number of rotatable bonds is 4. The van der Waals surface area contributed by atoms with Gasteiger partial charge in [0.1, 0.15) is 0 Å². The monoisotopic (exact) mass is 203 g/mol. The Labute approximate surface area is 78.3 Å². The molecule has 0 unspecified atom stereocenters. The first-order chi connectivity index (χ1) is 5.83. The van der Waals surface area contributed by atoms with E-state index in [1.807, 2.05) is 0 Å². The van der Waals surface area contributed by atoms with Gasteiger partial charge in [0.25, 0.3) is 0 Å². The second-order valence-electron chi connectivity index (χ2n) is 1.75. The summed E-state index contributed by atoms with van der Waals surface area (Å²) in [5.41, 5.74) is 2.59. The Morgan fingerprint density at radius 3 is 3.25 bits per heavy atom. The molecule has 0 aliphatic carbocycles. The molecule has 0 fully saturated rings. The van der Waals surface area contributed by atoms with Crippen LogP contribution in [0.4, 0.5) is 0 Å². The van der Waals surface area contributed by atoms with Crippen molar-refractivity contribution in [3.8, 4) is 0 Å². The third kappa shape index (κ3) is 3.19. The Kier molecular flexibility index (Phi) is 4.02. The van der Waals surface area contributed by atoms with Crippen LogP contribution in [0.2, 0.25) is 0 Å². The fraction of sp³-hybridized carbons (Fsp3) is 0.500. The zero-order chi connectivity index (χ0) is 8.81. The molecular weight excluding hydrogens is 196 g/mol. The summed E-state index contributed by atoms with van der Waals surface area (Å²) >= 11 is 2.61. The van der Waals surface area contributed by atoms with Crippen molar-refractivity contribution in [1.82, 2.24) is 10.2 Å². The molecule has 0 bridgehead atoms. The Morgan fingerprint density at radius 2 is 2.67 bits per heavy atom. The quantitative estimate of drug-likeness (QED) is 0.539. The van der Waals surface area contributed by atoms with Gasteiger partial charge in [-0.3, -0.25) is 4.79 Å². The van der Waals surface area contributed by atoms with Crippen molar-refractivity contribution >= 4 is 29.1 Å². The summed E-state index contributed by atoms with van der Waals surface area (Å²) in [6, 6.07) is 0. The van der Waals surface area contributed by atoms with E-state index < -0.39 is 0 Å². The predicted molar refractivity (Wildman–Crippen MR) is 46.1 cm³/mol. The molecule has 0 spiro atoms. The molecule has 0 saturated heterocycles. The highest BCUT2D eigenvalue weighted by molar-refractivity contribution is 8.01. The number of carbonyl (C=O) groups is 1. The van der Waals surface area contributed by atoms with Gasteiger partial charge < -0.3 is 4.74 Å². The minimum absolute atomic E-state index is 0.224. The number of thioether (sulfide) groups is 1. The lowest BCUT2D eigenvalue weighted by Crippen LogP contribution is -2.06. The molecule has 4 nitrogen and oxygen atoms in total. The van der Waals surface area contributed by atoms with Crippen LogP contribution in [-0.2, 0) is 9.53 Å². The molecule has 0 aliphatic rings. The molecule has 0 atom stereocenters. The number of aromatic nitrogens is 2. The minimum Gasteiger partial charge on any atom is -0.465 e. The Bertz CT molecular complexity index is 238. The van der Waals surface area contributed by atoms with Crippen LogP contribution >= 0.6 is 23.1 Å². The maximum absolute atomic E-state index is 10.8. The molecule has 1 aromatic heterocycles. The normalized spacial score (nSPS) is 9.75. The second-order valence-corrected chi connectivity index (χ2v) is 3.75. The van der Waals surface area contributed by atoms with E-state index in [0.29, 0.717) is 6.61 Å². The second kappa shape index (κ2) is 5.10. The van der Waals surface area contributed by atoms with E-state index in [9.17, 15) is 4.79 Å². The molecule has 12 heavy (non-hydrogen) atoms. The third-order valence-electron chi connectivity index (χ3n) is 0.924. The highest BCUT2D eigenvalue weighted by Crippen LogP contribution is 2.18. The Balaban J connectivity index is 2.22. The van der Waals surface area contributed by atoms with Gasteiger partial charge in [-0.2, -0.15) is 0 Å². The van der Waals surface area contributed by atoms with Gasteiger partial charge in [0.2, 0.25) is 0 Å². The maximum atomic E-state index is 10.8. The first-order valence-electron chi connectivity index (χ1n) is 3.31. The molecule has 0 amide bonds. The number of carbonyl (C=O) groups excluding carboxylic acids is 1. The lowest BCUT2D eigenvalue weighted by Gasteiger charge is -1.97. The molecule has 1 radical (unpaired) electrons. The number of hydrogen-bond donors (Lipinski definition) is 0. The molecule has 1 rings (SSSR count). The Hall–Kier alpha value is -0.620. The summed E-state index contributed by atoms with van der Waals surface area (Å²) in [4.78, 5) is 10.8. The van der Waals surface area contributed by atoms with Crippen molar-refractivity contribution in [3.05, 3.63) is 5.51 Å².